The maximum absolute atomic E-state index is 12.0. The largest absolute Gasteiger partial charge is 0.493 e. The van der Waals surface area contributed by atoms with Crippen molar-refractivity contribution in [2.75, 3.05) is 6.61 Å². The van der Waals surface area contributed by atoms with E-state index in [1.165, 1.54) is 0 Å². The Bertz CT molecular complexity index is 523. The van der Waals surface area contributed by atoms with Crippen LogP contribution >= 0.6 is 0 Å². The minimum atomic E-state index is -0.525. The van der Waals surface area contributed by atoms with Gasteiger partial charge >= 0.3 is 0 Å². The Labute approximate surface area is 126 Å². The number of nitrogens with one attached hydrogen (secondary N) is 1. The third kappa shape index (κ3) is 3.76. The number of aliphatic hydroxyl groups excluding tert-OH is 1. The van der Waals surface area contributed by atoms with Crippen LogP contribution in [0.5, 0.6) is 5.75 Å². The second-order valence-corrected chi connectivity index (χ2v) is 6.29. The summed E-state index contributed by atoms with van der Waals surface area (Å²) in [5, 5.41) is 12.9. The highest BCUT2D eigenvalue weighted by molar-refractivity contribution is 5.76. The number of benzene rings is 1. The number of carbonyl (C=O) groups is 1. The molecule has 2 unspecified atom stereocenters. The Balaban J connectivity index is 2.27. The van der Waals surface area contributed by atoms with Gasteiger partial charge in [-0.3, -0.25) is 4.79 Å². The molecule has 1 heterocycles. The lowest BCUT2D eigenvalue weighted by atomic mass is 9.93. The van der Waals surface area contributed by atoms with E-state index in [0.717, 1.165) is 28.9 Å². The molecule has 0 bridgehead atoms. The van der Waals surface area contributed by atoms with Gasteiger partial charge in [-0.05, 0) is 43.0 Å². The third-order valence-electron chi connectivity index (χ3n) is 3.77. The summed E-state index contributed by atoms with van der Waals surface area (Å²) in [6.45, 7) is 8.40. The van der Waals surface area contributed by atoms with Crippen LogP contribution < -0.4 is 10.1 Å². The Morgan fingerprint density at radius 3 is 2.76 bits per heavy atom. The predicted octanol–water partition coefficient (Wildman–Crippen LogP) is 3.03. The van der Waals surface area contributed by atoms with Crippen LogP contribution in [0.3, 0.4) is 0 Å². The quantitative estimate of drug-likeness (QED) is 0.896. The highest BCUT2D eigenvalue weighted by Crippen LogP contribution is 2.37. The van der Waals surface area contributed by atoms with Crippen molar-refractivity contribution in [1.82, 2.24) is 5.32 Å². The maximum atomic E-state index is 12.0. The van der Waals surface area contributed by atoms with Gasteiger partial charge < -0.3 is 15.2 Å². The number of fused-ring (bicyclic) bond motifs is 1. The van der Waals surface area contributed by atoms with Crippen LogP contribution in [0.15, 0.2) is 12.1 Å². The maximum Gasteiger partial charge on any atom is 0.220 e. The molecule has 0 aromatic heterocycles. The van der Waals surface area contributed by atoms with Crippen molar-refractivity contribution >= 4 is 5.91 Å². The number of aliphatic hydroxyl groups is 1. The fourth-order valence-corrected chi connectivity index (χ4v) is 2.74. The summed E-state index contributed by atoms with van der Waals surface area (Å²) in [5.74, 6) is 1.26. The highest BCUT2D eigenvalue weighted by Gasteiger charge is 2.25. The summed E-state index contributed by atoms with van der Waals surface area (Å²) in [4.78, 5) is 12.0. The molecular formula is C17H25NO3. The highest BCUT2D eigenvalue weighted by atomic mass is 16.5. The lowest BCUT2D eigenvalue weighted by Crippen LogP contribution is -2.33. The SMILES string of the molecule is Cc1cc(C(C)O)cc2c1OCCC2NC(=O)CC(C)C. The Kier molecular flexibility index (Phi) is 4.88. The van der Waals surface area contributed by atoms with Gasteiger partial charge in [-0.25, -0.2) is 0 Å². The predicted molar refractivity (Wildman–Crippen MR) is 82.3 cm³/mol. The van der Waals surface area contributed by atoms with Crippen molar-refractivity contribution in [1.29, 1.82) is 0 Å². The molecule has 1 aromatic rings. The molecule has 0 fully saturated rings. The Morgan fingerprint density at radius 2 is 2.14 bits per heavy atom. The molecule has 2 atom stereocenters. The van der Waals surface area contributed by atoms with Crippen molar-refractivity contribution in [3.05, 3.63) is 28.8 Å². The van der Waals surface area contributed by atoms with Gasteiger partial charge in [0.1, 0.15) is 5.75 Å². The molecule has 4 heteroatoms. The number of amides is 1. The van der Waals surface area contributed by atoms with Gasteiger partial charge in [0.25, 0.3) is 0 Å². The summed E-state index contributed by atoms with van der Waals surface area (Å²) in [5.41, 5.74) is 2.85. The molecule has 2 rings (SSSR count). The van der Waals surface area contributed by atoms with Gasteiger partial charge in [0.15, 0.2) is 0 Å². The summed E-state index contributed by atoms with van der Waals surface area (Å²) in [7, 11) is 0. The zero-order valence-electron chi connectivity index (χ0n) is 13.3. The van der Waals surface area contributed by atoms with Gasteiger partial charge in [-0.1, -0.05) is 13.8 Å². The van der Waals surface area contributed by atoms with E-state index >= 15 is 0 Å². The minimum absolute atomic E-state index is 0.0302. The zero-order chi connectivity index (χ0) is 15.6. The van der Waals surface area contributed by atoms with Crippen LogP contribution in [0.2, 0.25) is 0 Å². The van der Waals surface area contributed by atoms with Crippen LogP contribution in [0.25, 0.3) is 0 Å². The summed E-state index contributed by atoms with van der Waals surface area (Å²) < 4.78 is 5.75. The fourth-order valence-electron chi connectivity index (χ4n) is 2.74. The van der Waals surface area contributed by atoms with Gasteiger partial charge in [-0.15, -0.1) is 0 Å². The molecule has 2 N–H and O–H groups in total. The van der Waals surface area contributed by atoms with Crippen LogP contribution in [0, 0.1) is 12.8 Å². The van der Waals surface area contributed by atoms with Gasteiger partial charge in [-0.2, -0.15) is 0 Å². The first-order valence-corrected chi connectivity index (χ1v) is 7.63. The van der Waals surface area contributed by atoms with E-state index in [1.807, 2.05) is 32.9 Å². The molecule has 0 saturated carbocycles. The van der Waals surface area contributed by atoms with E-state index in [2.05, 4.69) is 5.32 Å². The summed E-state index contributed by atoms with van der Waals surface area (Å²) in [6, 6.07) is 3.87. The van der Waals surface area contributed by atoms with E-state index in [0.29, 0.717) is 18.9 Å². The number of ether oxygens (including phenoxy) is 1. The van der Waals surface area contributed by atoms with Gasteiger partial charge in [0, 0.05) is 18.4 Å². The second kappa shape index (κ2) is 6.48. The normalized spacial score (nSPS) is 18.9. The van der Waals surface area contributed by atoms with Crippen molar-refractivity contribution < 1.29 is 14.6 Å². The molecular weight excluding hydrogens is 266 g/mol. The molecule has 0 spiro atoms. The monoisotopic (exact) mass is 291 g/mol. The first-order valence-electron chi connectivity index (χ1n) is 7.63. The van der Waals surface area contributed by atoms with Crippen molar-refractivity contribution in [3.8, 4) is 5.75 Å². The lowest BCUT2D eigenvalue weighted by molar-refractivity contribution is -0.122. The summed E-state index contributed by atoms with van der Waals surface area (Å²) >= 11 is 0. The number of hydrogen-bond donors (Lipinski definition) is 2. The zero-order valence-corrected chi connectivity index (χ0v) is 13.3. The Hall–Kier alpha value is -1.55. The lowest BCUT2D eigenvalue weighted by Gasteiger charge is -2.29. The van der Waals surface area contributed by atoms with Crippen LogP contribution in [-0.2, 0) is 4.79 Å². The molecule has 0 saturated heterocycles. The van der Waals surface area contributed by atoms with Crippen molar-refractivity contribution in [2.24, 2.45) is 5.92 Å². The number of carbonyl (C=O) groups excluding carboxylic acids is 1. The Morgan fingerprint density at radius 1 is 1.43 bits per heavy atom. The minimum Gasteiger partial charge on any atom is -0.493 e. The van der Waals surface area contributed by atoms with E-state index in [4.69, 9.17) is 4.74 Å². The average molecular weight is 291 g/mol. The van der Waals surface area contributed by atoms with Crippen molar-refractivity contribution in [2.45, 2.75) is 52.7 Å². The fraction of sp³-hybridized carbons (Fsp3) is 0.588. The number of hydrogen-bond acceptors (Lipinski definition) is 3. The second-order valence-electron chi connectivity index (χ2n) is 6.29. The van der Waals surface area contributed by atoms with Crippen LogP contribution in [0.4, 0.5) is 0 Å². The van der Waals surface area contributed by atoms with Crippen molar-refractivity contribution in [3.63, 3.8) is 0 Å². The first kappa shape index (κ1) is 15.8. The van der Waals surface area contributed by atoms with Crippen LogP contribution in [-0.4, -0.2) is 17.6 Å². The van der Waals surface area contributed by atoms with Crippen LogP contribution in [0.1, 0.15) is 62.4 Å². The van der Waals surface area contributed by atoms with E-state index in [1.54, 1.807) is 6.92 Å². The molecule has 0 aliphatic carbocycles. The van der Waals surface area contributed by atoms with Gasteiger partial charge in [0.2, 0.25) is 5.91 Å². The smallest absolute Gasteiger partial charge is 0.220 e. The average Bonchev–Trinajstić information content (AvgIpc) is 2.38. The molecule has 1 aliphatic heterocycles. The molecule has 21 heavy (non-hydrogen) atoms. The molecule has 4 nitrogen and oxygen atoms in total. The molecule has 0 radical (unpaired) electrons. The summed E-state index contributed by atoms with van der Waals surface area (Å²) in [6.07, 6.45) is 0.768. The van der Waals surface area contributed by atoms with Gasteiger partial charge in [0.05, 0.1) is 18.8 Å². The van der Waals surface area contributed by atoms with E-state index < -0.39 is 6.10 Å². The molecule has 1 amide bonds. The third-order valence-corrected chi connectivity index (χ3v) is 3.77. The molecule has 116 valence electrons. The van der Waals surface area contributed by atoms with E-state index in [-0.39, 0.29) is 11.9 Å². The number of rotatable bonds is 4. The van der Waals surface area contributed by atoms with E-state index in [9.17, 15) is 9.90 Å². The molecule has 1 aliphatic rings. The standard InChI is InChI=1S/C17H25NO3/c1-10(2)7-16(20)18-15-5-6-21-17-11(3)8-13(12(4)19)9-14(15)17/h8-10,12,15,19H,5-7H2,1-4H3,(H,18,20). The molecule has 1 aromatic carbocycles. The topological polar surface area (TPSA) is 58.6 Å². The number of aryl methyl sites for hydroxylation is 1. The first-order chi connectivity index (χ1) is 9.88.